The Hall–Kier alpha value is -1.85. The number of rotatable bonds is 0. The Labute approximate surface area is 95.5 Å². The molecule has 2 N–H and O–H groups in total. The summed E-state index contributed by atoms with van der Waals surface area (Å²) in [6.45, 7) is 3.86. The lowest BCUT2D eigenvalue weighted by molar-refractivity contribution is 0.959. The van der Waals surface area contributed by atoms with E-state index in [2.05, 4.69) is 22.9 Å². The molecule has 0 saturated carbocycles. The minimum Gasteiger partial charge on any atom is -0.318 e. The molecule has 0 radical (unpaired) electrons. The van der Waals surface area contributed by atoms with Crippen LogP contribution in [0.2, 0.25) is 0 Å². The highest BCUT2D eigenvalue weighted by Gasteiger charge is 1.96. The van der Waals surface area contributed by atoms with E-state index >= 15 is 0 Å². The van der Waals surface area contributed by atoms with Gasteiger partial charge in [0, 0.05) is 16.6 Å². The second kappa shape index (κ2) is 4.34. The third kappa shape index (κ3) is 2.39. The fourth-order valence-electron chi connectivity index (χ4n) is 1.50. The van der Waals surface area contributed by atoms with Gasteiger partial charge in [0.1, 0.15) is 0 Å². The summed E-state index contributed by atoms with van der Waals surface area (Å²) in [7, 11) is 0. The number of nitrogens with zero attached hydrogens (tertiary/aromatic N) is 1. The van der Waals surface area contributed by atoms with Crippen LogP contribution in [0, 0.1) is 18.8 Å². The summed E-state index contributed by atoms with van der Waals surface area (Å²) in [5, 5.41) is 1.11. The smallest absolute Gasteiger partial charge is 0.0706 e. The van der Waals surface area contributed by atoms with Gasteiger partial charge >= 0.3 is 0 Å². The second-order valence-corrected chi connectivity index (χ2v) is 3.92. The first-order valence-corrected chi connectivity index (χ1v) is 5.30. The Morgan fingerprint density at radius 2 is 2.06 bits per heavy atom. The molecule has 0 saturated heterocycles. The molecule has 16 heavy (non-hydrogen) atoms. The van der Waals surface area contributed by atoms with Crippen molar-refractivity contribution in [2.45, 2.75) is 19.9 Å². The summed E-state index contributed by atoms with van der Waals surface area (Å²) in [5.74, 6) is 5.99. The van der Waals surface area contributed by atoms with E-state index in [1.165, 1.54) is 0 Å². The monoisotopic (exact) mass is 210 g/mol. The van der Waals surface area contributed by atoms with E-state index in [1.54, 1.807) is 0 Å². The average molecular weight is 210 g/mol. The normalized spacial score (nSPS) is 11.9. The van der Waals surface area contributed by atoms with E-state index in [0.29, 0.717) is 0 Å². The molecule has 1 atom stereocenters. The van der Waals surface area contributed by atoms with Crippen LogP contribution in [-0.4, -0.2) is 11.0 Å². The van der Waals surface area contributed by atoms with Gasteiger partial charge < -0.3 is 5.73 Å². The third-order valence-electron chi connectivity index (χ3n) is 2.27. The molecule has 0 aliphatic heterocycles. The fraction of sp³-hybridized carbons (Fsp3) is 0.214. The molecule has 2 heteroatoms. The van der Waals surface area contributed by atoms with Gasteiger partial charge in [-0.05, 0) is 38.1 Å². The van der Waals surface area contributed by atoms with E-state index in [1.807, 2.05) is 38.1 Å². The molecule has 0 amide bonds. The Morgan fingerprint density at radius 3 is 2.81 bits per heavy atom. The van der Waals surface area contributed by atoms with Gasteiger partial charge in [-0.1, -0.05) is 17.9 Å². The molecule has 2 rings (SSSR count). The molecule has 1 unspecified atom stereocenters. The zero-order valence-electron chi connectivity index (χ0n) is 9.49. The Kier molecular flexibility index (Phi) is 2.89. The summed E-state index contributed by atoms with van der Waals surface area (Å²) in [4.78, 5) is 4.44. The highest BCUT2D eigenvalue weighted by atomic mass is 14.7. The Bertz CT molecular complexity index is 574. The summed E-state index contributed by atoms with van der Waals surface area (Å²) in [6.07, 6.45) is 0. The summed E-state index contributed by atoms with van der Waals surface area (Å²) in [6, 6.07) is 9.99. The van der Waals surface area contributed by atoms with E-state index in [9.17, 15) is 0 Å². The molecule has 0 aliphatic carbocycles. The Morgan fingerprint density at radius 1 is 1.25 bits per heavy atom. The van der Waals surface area contributed by atoms with Crippen molar-refractivity contribution in [2.24, 2.45) is 5.73 Å². The van der Waals surface area contributed by atoms with Crippen molar-refractivity contribution in [3.8, 4) is 11.8 Å². The lowest BCUT2D eigenvalue weighted by atomic mass is 10.1. The van der Waals surface area contributed by atoms with E-state index < -0.39 is 0 Å². The molecule has 2 aromatic rings. The van der Waals surface area contributed by atoms with Gasteiger partial charge in [-0.25, -0.2) is 0 Å². The molecule has 2 nitrogen and oxygen atoms in total. The van der Waals surface area contributed by atoms with Gasteiger partial charge in [-0.3, -0.25) is 4.98 Å². The highest BCUT2D eigenvalue weighted by Crippen LogP contribution is 2.14. The summed E-state index contributed by atoms with van der Waals surface area (Å²) < 4.78 is 0. The van der Waals surface area contributed by atoms with Crippen LogP contribution in [0.15, 0.2) is 30.3 Å². The molecule has 0 spiro atoms. The van der Waals surface area contributed by atoms with Gasteiger partial charge in [0.05, 0.1) is 11.6 Å². The van der Waals surface area contributed by atoms with Gasteiger partial charge in [-0.2, -0.15) is 0 Å². The number of hydrogen-bond acceptors (Lipinski definition) is 2. The van der Waals surface area contributed by atoms with E-state index in [0.717, 1.165) is 22.2 Å². The van der Waals surface area contributed by atoms with Gasteiger partial charge in [0.25, 0.3) is 0 Å². The lowest BCUT2D eigenvalue weighted by Gasteiger charge is -1.99. The number of hydrogen-bond donors (Lipinski definition) is 1. The molecule has 80 valence electrons. The number of aromatic nitrogens is 1. The van der Waals surface area contributed by atoms with Crippen LogP contribution in [0.4, 0.5) is 0 Å². The maximum atomic E-state index is 5.59. The fourth-order valence-corrected chi connectivity index (χ4v) is 1.50. The topological polar surface area (TPSA) is 38.9 Å². The minimum atomic E-state index is -0.0909. The number of fused-ring (bicyclic) bond motifs is 1. The van der Waals surface area contributed by atoms with Crippen molar-refractivity contribution >= 4 is 10.9 Å². The first-order valence-electron chi connectivity index (χ1n) is 5.30. The maximum absolute atomic E-state index is 5.59. The third-order valence-corrected chi connectivity index (χ3v) is 2.27. The molecule has 0 fully saturated rings. The molecular weight excluding hydrogens is 196 g/mol. The number of aryl methyl sites for hydroxylation is 1. The van der Waals surface area contributed by atoms with Crippen molar-refractivity contribution in [1.29, 1.82) is 0 Å². The number of pyridine rings is 1. The van der Waals surface area contributed by atoms with Gasteiger partial charge in [0.2, 0.25) is 0 Å². The zero-order chi connectivity index (χ0) is 11.5. The second-order valence-electron chi connectivity index (χ2n) is 3.92. The highest BCUT2D eigenvalue weighted by molar-refractivity contribution is 5.80. The average Bonchev–Trinajstić information content (AvgIpc) is 2.26. The van der Waals surface area contributed by atoms with Crippen LogP contribution in [-0.2, 0) is 0 Å². The SMILES string of the molecule is Cc1ccc2cc(C#CC(C)N)ccc2n1. The van der Waals surface area contributed by atoms with Crippen LogP contribution in [0.25, 0.3) is 10.9 Å². The summed E-state index contributed by atoms with van der Waals surface area (Å²) in [5.41, 5.74) is 8.60. The first kappa shape index (κ1) is 10.7. The molecule has 0 aliphatic rings. The quantitative estimate of drug-likeness (QED) is 0.677. The van der Waals surface area contributed by atoms with Crippen LogP contribution in [0.5, 0.6) is 0 Å². The van der Waals surface area contributed by atoms with Crippen molar-refractivity contribution in [3.63, 3.8) is 0 Å². The standard InChI is InChI=1S/C14H14N2/c1-10(15)3-5-12-6-8-14-13(9-12)7-4-11(2)16-14/h4,6-10H,15H2,1-2H3. The van der Waals surface area contributed by atoms with Crippen molar-refractivity contribution < 1.29 is 0 Å². The lowest BCUT2D eigenvalue weighted by Crippen LogP contribution is -2.10. The molecule has 1 aromatic carbocycles. The molecule has 1 aromatic heterocycles. The van der Waals surface area contributed by atoms with Crippen molar-refractivity contribution in [2.75, 3.05) is 0 Å². The van der Waals surface area contributed by atoms with Crippen LogP contribution in [0.3, 0.4) is 0 Å². The van der Waals surface area contributed by atoms with Crippen molar-refractivity contribution in [1.82, 2.24) is 4.98 Å². The molecule has 0 bridgehead atoms. The summed E-state index contributed by atoms with van der Waals surface area (Å²) >= 11 is 0. The van der Waals surface area contributed by atoms with E-state index in [4.69, 9.17) is 5.73 Å². The van der Waals surface area contributed by atoms with Crippen LogP contribution < -0.4 is 5.73 Å². The van der Waals surface area contributed by atoms with E-state index in [-0.39, 0.29) is 6.04 Å². The predicted octanol–water partition coefficient (Wildman–Crippen LogP) is 2.24. The first-order chi connectivity index (χ1) is 7.65. The van der Waals surface area contributed by atoms with Gasteiger partial charge in [0.15, 0.2) is 0 Å². The van der Waals surface area contributed by atoms with Crippen LogP contribution >= 0.6 is 0 Å². The van der Waals surface area contributed by atoms with Crippen LogP contribution in [0.1, 0.15) is 18.2 Å². The predicted molar refractivity (Wildman–Crippen MR) is 67.0 cm³/mol. The number of benzene rings is 1. The molecule has 1 heterocycles. The maximum Gasteiger partial charge on any atom is 0.0706 e. The van der Waals surface area contributed by atoms with Crippen molar-refractivity contribution in [3.05, 3.63) is 41.6 Å². The minimum absolute atomic E-state index is 0.0909. The largest absolute Gasteiger partial charge is 0.318 e. The number of nitrogens with two attached hydrogens (primary N) is 1. The molecular formula is C14H14N2. The van der Waals surface area contributed by atoms with Gasteiger partial charge in [-0.15, -0.1) is 0 Å². The Balaban J connectivity index is 2.46. The zero-order valence-corrected chi connectivity index (χ0v) is 9.49.